The average molecular weight is 421 g/mol. The summed E-state index contributed by atoms with van der Waals surface area (Å²) in [7, 11) is -3.92. The van der Waals surface area contributed by atoms with Crippen LogP contribution < -0.4 is 4.72 Å². The Labute approximate surface area is 135 Å². The second-order valence-electron chi connectivity index (χ2n) is 3.85. The van der Waals surface area contributed by atoms with Crippen molar-refractivity contribution in [3.63, 3.8) is 0 Å². The van der Waals surface area contributed by atoms with Crippen molar-refractivity contribution < 1.29 is 21.6 Å². The Bertz CT molecular complexity index is 774. The van der Waals surface area contributed by atoms with Gasteiger partial charge in [-0.2, -0.15) is 13.2 Å². The molecule has 1 N–H and O–H groups in total. The first-order chi connectivity index (χ1) is 9.61. The number of thiophene rings is 1. The number of rotatable bonds is 3. The van der Waals surface area contributed by atoms with Crippen LogP contribution in [0.3, 0.4) is 0 Å². The topological polar surface area (TPSA) is 46.2 Å². The smallest absolute Gasteiger partial charge is 0.277 e. The number of halogens is 5. The summed E-state index contributed by atoms with van der Waals surface area (Å²) in [5.74, 6) is 0. The lowest BCUT2D eigenvalue weighted by atomic mass is 10.2. The van der Waals surface area contributed by atoms with Gasteiger partial charge in [0.05, 0.1) is 16.3 Å². The van der Waals surface area contributed by atoms with E-state index in [-0.39, 0.29) is 14.9 Å². The molecule has 0 aliphatic carbocycles. The van der Waals surface area contributed by atoms with Crippen LogP contribution >= 0.6 is 38.9 Å². The van der Waals surface area contributed by atoms with Gasteiger partial charge in [-0.15, -0.1) is 11.3 Å². The van der Waals surface area contributed by atoms with Gasteiger partial charge in [-0.1, -0.05) is 11.6 Å². The van der Waals surface area contributed by atoms with Crippen molar-refractivity contribution in [2.24, 2.45) is 0 Å². The molecule has 114 valence electrons. The number of benzene rings is 1. The van der Waals surface area contributed by atoms with Gasteiger partial charge in [-0.25, -0.2) is 8.42 Å². The molecule has 0 bridgehead atoms. The highest BCUT2D eigenvalue weighted by Gasteiger charge is 2.31. The molecule has 0 unspecified atom stereocenters. The maximum Gasteiger partial charge on any atom is 0.416 e. The molecule has 2 rings (SSSR count). The fourth-order valence-electron chi connectivity index (χ4n) is 1.44. The summed E-state index contributed by atoms with van der Waals surface area (Å²) in [6.45, 7) is 0. The Morgan fingerprint density at radius 1 is 1.24 bits per heavy atom. The molecule has 0 aliphatic heterocycles. The monoisotopic (exact) mass is 419 g/mol. The molecule has 0 radical (unpaired) electrons. The number of alkyl halides is 3. The van der Waals surface area contributed by atoms with Gasteiger partial charge in [0, 0.05) is 4.47 Å². The second kappa shape index (κ2) is 5.79. The largest absolute Gasteiger partial charge is 0.416 e. The van der Waals surface area contributed by atoms with Gasteiger partial charge in [0.1, 0.15) is 0 Å². The second-order valence-corrected chi connectivity index (χ2v) is 7.91. The molecule has 0 saturated heterocycles. The van der Waals surface area contributed by atoms with E-state index in [1.807, 2.05) is 0 Å². The Kier molecular flexibility index (Phi) is 4.57. The molecule has 1 heterocycles. The molecule has 0 spiro atoms. The van der Waals surface area contributed by atoms with Gasteiger partial charge >= 0.3 is 6.18 Å². The molecule has 0 fully saturated rings. The standard InChI is InChI=1S/C11H6BrClF3NO2S2/c12-7-3-4-20-10(7)21(18,19)17-9-2-1-6(5-8(9)13)11(14,15)16/h1-5,17H. The number of hydrogen-bond donors (Lipinski definition) is 1. The van der Waals surface area contributed by atoms with Gasteiger partial charge in [0.2, 0.25) is 0 Å². The van der Waals surface area contributed by atoms with Crippen LogP contribution in [0.15, 0.2) is 38.3 Å². The zero-order valence-electron chi connectivity index (χ0n) is 9.91. The van der Waals surface area contributed by atoms with Crippen molar-refractivity contribution in [2.75, 3.05) is 4.72 Å². The molecular formula is C11H6BrClF3NO2S2. The predicted molar refractivity (Wildman–Crippen MR) is 79.3 cm³/mol. The van der Waals surface area contributed by atoms with E-state index >= 15 is 0 Å². The van der Waals surface area contributed by atoms with Crippen molar-refractivity contribution in [3.8, 4) is 0 Å². The van der Waals surface area contributed by atoms with Crippen molar-refractivity contribution >= 4 is 54.6 Å². The maximum atomic E-state index is 12.5. The molecule has 0 atom stereocenters. The van der Waals surface area contributed by atoms with Crippen molar-refractivity contribution in [2.45, 2.75) is 10.4 Å². The van der Waals surface area contributed by atoms with Crippen LogP contribution in [0.5, 0.6) is 0 Å². The van der Waals surface area contributed by atoms with Gasteiger partial charge in [0.15, 0.2) is 4.21 Å². The highest BCUT2D eigenvalue weighted by Crippen LogP contribution is 2.35. The highest BCUT2D eigenvalue weighted by atomic mass is 79.9. The third kappa shape index (κ3) is 3.71. The Morgan fingerprint density at radius 3 is 2.38 bits per heavy atom. The van der Waals surface area contributed by atoms with E-state index in [2.05, 4.69) is 20.7 Å². The van der Waals surface area contributed by atoms with Crippen molar-refractivity contribution in [3.05, 3.63) is 44.7 Å². The number of hydrogen-bond acceptors (Lipinski definition) is 3. The molecule has 0 aliphatic rings. The lowest BCUT2D eigenvalue weighted by Gasteiger charge is -2.11. The molecule has 0 saturated carbocycles. The lowest BCUT2D eigenvalue weighted by Crippen LogP contribution is -2.13. The molecular weight excluding hydrogens is 415 g/mol. The normalized spacial score (nSPS) is 12.4. The van der Waals surface area contributed by atoms with Crippen LogP contribution in [0.25, 0.3) is 0 Å². The van der Waals surface area contributed by atoms with Crippen LogP contribution in [-0.2, 0) is 16.2 Å². The Hall–Kier alpha value is -0.770. The minimum Gasteiger partial charge on any atom is -0.277 e. The van der Waals surface area contributed by atoms with Gasteiger partial charge in [-0.3, -0.25) is 4.72 Å². The fourth-order valence-corrected chi connectivity index (χ4v) is 5.14. The third-order valence-electron chi connectivity index (χ3n) is 2.37. The molecule has 10 heteroatoms. The Balaban J connectivity index is 2.35. The van der Waals surface area contributed by atoms with E-state index in [1.165, 1.54) is 0 Å². The minimum absolute atomic E-state index is 0.0125. The summed E-state index contributed by atoms with van der Waals surface area (Å²) in [4.78, 5) is 0. The summed E-state index contributed by atoms with van der Waals surface area (Å²) in [6, 6.07) is 3.95. The third-order valence-corrected chi connectivity index (χ3v) is 6.72. The average Bonchev–Trinajstić information content (AvgIpc) is 2.77. The summed E-state index contributed by atoms with van der Waals surface area (Å²) >= 11 is 9.76. The number of anilines is 1. The first-order valence-corrected chi connectivity index (χ1v) is 8.77. The van der Waals surface area contributed by atoms with Crippen molar-refractivity contribution in [1.82, 2.24) is 0 Å². The van der Waals surface area contributed by atoms with E-state index in [4.69, 9.17) is 11.6 Å². The SMILES string of the molecule is O=S(=O)(Nc1ccc(C(F)(F)F)cc1Cl)c1sccc1Br. The van der Waals surface area contributed by atoms with E-state index in [0.717, 1.165) is 23.5 Å². The molecule has 1 aromatic carbocycles. The zero-order valence-corrected chi connectivity index (χ0v) is 13.9. The summed E-state index contributed by atoms with van der Waals surface area (Å²) in [6.07, 6.45) is -4.54. The molecule has 2 aromatic rings. The molecule has 21 heavy (non-hydrogen) atoms. The predicted octanol–water partition coefficient (Wildman–Crippen LogP) is 4.98. The minimum atomic E-state index is -4.54. The van der Waals surface area contributed by atoms with Crippen LogP contribution in [0.1, 0.15) is 5.56 Å². The fraction of sp³-hybridized carbons (Fsp3) is 0.0909. The Morgan fingerprint density at radius 2 is 1.90 bits per heavy atom. The molecule has 1 aromatic heterocycles. The number of sulfonamides is 1. The van der Waals surface area contributed by atoms with E-state index in [1.54, 1.807) is 11.4 Å². The molecule has 3 nitrogen and oxygen atoms in total. The van der Waals surface area contributed by atoms with E-state index in [0.29, 0.717) is 10.5 Å². The van der Waals surface area contributed by atoms with Crippen LogP contribution in [0, 0.1) is 0 Å². The van der Waals surface area contributed by atoms with Crippen LogP contribution in [0.2, 0.25) is 5.02 Å². The van der Waals surface area contributed by atoms with Crippen molar-refractivity contribution in [1.29, 1.82) is 0 Å². The summed E-state index contributed by atoms with van der Waals surface area (Å²) < 4.78 is 64.3. The maximum absolute atomic E-state index is 12.5. The van der Waals surface area contributed by atoms with Gasteiger partial charge in [0.25, 0.3) is 10.0 Å². The molecule has 0 amide bonds. The van der Waals surface area contributed by atoms with Gasteiger partial charge < -0.3 is 0 Å². The first kappa shape index (κ1) is 16.6. The van der Waals surface area contributed by atoms with E-state index < -0.39 is 21.8 Å². The van der Waals surface area contributed by atoms with Crippen LogP contribution in [0.4, 0.5) is 18.9 Å². The quantitative estimate of drug-likeness (QED) is 0.761. The van der Waals surface area contributed by atoms with Crippen LogP contribution in [-0.4, -0.2) is 8.42 Å². The van der Waals surface area contributed by atoms with Gasteiger partial charge in [-0.05, 0) is 45.6 Å². The first-order valence-electron chi connectivity index (χ1n) is 5.24. The lowest BCUT2D eigenvalue weighted by molar-refractivity contribution is -0.137. The summed E-state index contributed by atoms with van der Waals surface area (Å²) in [5, 5.41) is 1.23. The summed E-state index contributed by atoms with van der Waals surface area (Å²) in [5.41, 5.74) is -1.07. The highest BCUT2D eigenvalue weighted by molar-refractivity contribution is 9.10. The zero-order chi connectivity index (χ0) is 15.8. The van der Waals surface area contributed by atoms with E-state index in [9.17, 15) is 21.6 Å². The number of nitrogens with one attached hydrogen (secondary N) is 1.